The lowest BCUT2D eigenvalue weighted by Crippen LogP contribution is -2.07. The van der Waals surface area contributed by atoms with Crippen LogP contribution < -0.4 is 0 Å². The third kappa shape index (κ3) is 3.05. The molecule has 0 saturated carbocycles. The van der Waals surface area contributed by atoms with Gasteiger partial charge in [0.25, 0.3) is 0 Å². The van der Waals surface area contributed by atoms with Crippen LogP contribution in [0.25, 0.3) is 17.3 Å². The van der Waals surface area contributed by atoms with Gasteiger partial charge in [0.15, 0.2) is 5.70 Å². The van der Waals surface area contributed by atoms with Crippen LogP contribution in [0.15, 0.2) is 69.8 Å². The smallest absolute Gasteiger partial charge is 0.363 e. The molecule has 0 N–H and O–H groups in total. The Balaban J connectivity index is 1.75. The molecule has 0 aliphatic carbocycles. The number of cyclic esters (lactones) is 1. The number of ether oxygens (including phenoxy) is 1. The zero-order valence-electron chi connectivity index (χ0n) is 13.8. The highest BCUT2D eigenvalue weighted by Gasteiger charge is 2.30. The Morgan fingerprint density at radius 1 is 1.04 bits per heavy atom. The van der Waals surface area contributed by atoms with Crippen LogP contribution in [0, 0.1) is 6.92 Å². The molecule has 0 amide bonds. The normalized spacial score (nSPS) is 15.2. The summed E-state index contributed by atoms with van der Waals surface area (Å²) in [6, 6.07) is 16.6. The summed E-state index contributed by atoms with van der Waals surface area (Å²) in [5.74, 6) is 0.200. The highest BCUT2D eigenvalue weighted by atomic mass is 35.5. The number of hydrogen-bond donors (Lipinski definition) is 0. The van der Waals surface area contributed by atoms with Gasteiger partial charge in [-0.05, 0) is 30.7 Å². The van der Waals surface area contributed by atoms with Crippen molar-refractivity contribution in [1.82, 2.24) is 5.16 Å². The first kappa shape index (κ1) is 16.3. The summed E-state index contributed by atoms with van der Waals surface area (Å²) in [5.41, 5.74) is 3.03. The third-order valence-electron chi connectivity index (χ3n) is 3.92. The topological polar surface area (TPSA) is 64.7 Å². The molecule has 0 radical (unpaired) electrons. The van der Waals surface area contributed by atoms with Gasteiger partial charge in [0.2, 0.25) is 5.90 Å². The second-order valence-corrected chi connectivity index (χ2v) is 6.15. The molecule has 4 rings (SSSR count). The molecule has 3 aromatic rings. The van der Waals surface area contributed by atoms with Crippen LogP contribution in [0.3, 0.4) is 0 Å². The van der Waals surface area contributed by atoms with Crippen molar-refractivity contribution >= 4 is 29.5 Å². The van der Waals surface area contributed by atoms with E-state index >= 15 is 0 Å². The van der Waals surface area contributed by atoms with E-state index in [9.17, 15) is 4.79 Å². The maximum Gasteiger partial charge on any atom is 0.363 e. The van der Waals surface area contributed by atoms with Crippen molar-refractivity contribution in [3.63, 3.8) is 0 Å². The molecule has 26 heavy (non-hydrogen) atoms. The molecule has 0 saturated heterocycles. The molecule has 5 nitrogen and oxygen atoms in total. The summed E-state index contributed by atoms with van der Waals surface area (Å²) < 4.78 is 10.7. The van der Waals surface area contributed by atoms with E-state index in [0.717, 1.165) is 11.1 Å². The number of rotatable bonds is 3. The first-order valence-corrected chi connectivity index (χ1v) is 8.30. The van der Waals surface area contributed by atoms with Crippen LogP contribution in [-0.4, -0.2) is 17.0 Å². The van der Waals surface area contributed by atoms with Gasteiger partial charge in [-0.2, -0.15) is 0 Å². The van der Waals surface area contributed by atoms with Crippen molar-refractivity contribution in [2.45, 2.75) is 6.92 Å². The second-order valence-electron chi connectivity index (χ2n) is 5.72. The minimum atomic E-state index is -0.519. The fraction of sp³-hybridized carbons (Fsp3) is 0.0500. The Hall–Kier alpha value is -3.18. The van der Waals surface area contributed by atoms with Crippen molar-refractivity contribution in [2.24, 2.45) is 4.99 Å². The Labute approximate surface area is 154 Å². The minimum Gasteiger partial charge on any atom is -0.402 e. The number of aromatic nitrogens is 1. The van der Waals surface area contributed by atoms with Crippen molar-refractivity contribution in [1.29, 1.82) is 0 Å². The SMILES string of the molecule is Cc1onc(-c2ccccc2)c1C1=NC(=Cc2ccc(Cl)cc2)C(=O)O1. The number of carbonyl (C=O) groups is 1. The molecular formula is C20H13ClN2O3. The Kier molecular flexibility index (Phi) is 4.14. The second kappa shape index (κ2) is 6.61. The minimum absolute atomic E-state index is 0.188. The highest BCUT2D eigenvalue weighted by molar-refractivity contribution is 6.30. The molecule has 2 aromatic carbocycles. The van der Waals surface area contributed by atoms with E-state index in [-0.39, 0.29) is 11.6 Å². The largest absolute Gasteiger partial charge is 0.402 e. The molecule has 0 unspecified atom stereocenters. The summed E-state index contributed by atoms with van der Waals surface area (Å²) in [6.07, 6.45) is 1.65. The molecule has 1 aliphatic heterocycles. The number of nitrogens with zero attached hydrogens (tertiary/aromatic N) is 2. The number of benzene rings is 2. The Morgan fingerprint density at radius 3 is 2.50 bits per heavy atom. The van der Waals surface area contributed by atoms with E-state index in [4.69, 9.17) is 20.9 Å². The van der Waals surface area contributed by atoms with Gasteiger partial charge in [-0.15, -0.1) is 0 Å². The van der Waals surface area contributed by atoms with E-state index in [1.54, 1.807) is 37.3 Å². The molecule has 2 heterocycles. The average Bonchev–Trinajstić information content (AvgIpc) is 3.20. The van der Waals surface area contributed by atoms with E-state index in [1.807, 2.05) is 30.3 Å². The summed E-state index contributed by atoms with van der Waals surface area (Å²) >= 11 is 5.88. The van der Waals surface area contributed by atoms with Gasteiger partial charge in [0, 0.05) is 10.6 Å². The maximum atomic E-state index is 12.2. The van der Waals surface area contributed by atoms with Crippen LogP contribution in [0.2, 0.25) is 5.02 Å². The Bertz CT molecular complexity index is 1030. The summed E-state index contributed by atoms with van der Waals surface area (Å²) in [6.45, 7) is 1.76. The van der Waals surface area contributed by atoms with Gasteiger partial charge in [0.05, 0.1) is 0 Å². The van der Waals surface area contributed by atoms with Gasteiger partial charge in [-0.1, -0.05) is 59.2 Å². The summed E-state index contributed by atoms with van der Waals surface area (Å²) in [7, 11) is 0. The maximum absolute atomic E-state index is 12.2. The summed E-state index contributed by atoms with van der Waals surface area (Å²) in [4.78, 5) is 16.6. The van der Waals surface area contributed by atoms with Crippen LogP contribution in [0.5, 0.6) is 0 Å². The first-order valence-electron chi connectivity index (χ1n) is 7.92. The van der Waals surface area contributed by atoms with Crippen LogP contribution in [-0.2, 0) is 9.53 Å². The van der Waals surface area contributed by atoms with Crippen molar-refractivity contribution in [3.05, 3.63) is 82.2 Å². The number of hydrogen-bond acceptors (Lipinski definition) is 5. The fourth-order valence-corrected chi connectivity index (χ4v) is 2.78. The molecule has 0 bridgehead atoms. The number of aryl methyl sites for hydroxylation is 1. The number of esters is 1. The predicted molar refractivity (Wildman–Crippen MR) is 98.7 cm³/mol. The van der Waals surface area contributed by atoms with Crippen molar-refractivity contribution < 1.29 is 14.1 Å². The molecule has 1 aromatic heterocycles. The molecule has 0 spiro atoms. The van der Waals surface area contributed by atoms with Gasteiger partial charge < -0.3 is 9.26 Å². The fourth-order valence-electron chi connectivity index (χ4n) is 2.65. The van der Waals surface area contributed by atoms with E-state index < -0.39 is 5.97 Å². The molecule has 0 atom stereocenters. The molecule has 128 valence electrons. The predicted octanol–water partition coefficient (Wildman–Crippen LogP) is 4.65. The van der Waals surface area contributed by atoms with E-state index in [2.05, 4.69) is 10.1 Å². The van der Waals surface area contributed by atoms with Gasteiger partial charge in [0.1, 0.15) is 17.0 Å². The quantitative estimate of drug-likeness (QED) is 0.501. The number of aliphatic imine (C=N–C) groups is 1. The zero-order valence-corrected chi connectivity index (χ0v) is 14.5. The first-order chi connectivity index (χ1) is 12.6. The zero-order chi connectivity index (χ0) is 18.1. The standard InChI is InChI=1S/C20H13ClN2O3/c1-12-17(18(23-26-12)14-5-3-2-4-6-14)19-22-16(20(24)25-19)11-13-7-9-15(21)10-8-13/h2-11H,1H3. The van der Waals surface area contributed by atoms with Crippen molar-refractivity contribution in [2.75, 3.05) is 0 Å². The summed E-state index contributed by atoms with van der Waals surface area (Å²) in [5, 5.41) is 4.72. The number of carbonyl (C=O) groups excluding carboxylic acids is 1. The molecule has 0 fully saturated rings. The molecule has 6 heteroatoms. The van der Waals surface area contributed by atoms with Gasteiger partial charge in [-0.3, -0.25) is 0 Å². The highest BCUT2D eigenvalue weighted by Crippen LogP contribution is 2.29. The van der Waals surface area contributed by atoms with Crippen molar-refractivity contribution in [3.8, 4) is 11.3 Å². The molecular weight excluding hydrogens is 352 g/mol. The average molecular weight is 365 g/mol. The lowest BCUT2D eigenvalue weighted by atomic mass is 10.1. The van der Waals surface area contributed by atoms with E-state index in [1.165, 1.54) is 0 Å². The monoisotopic (exact) mass is 364 g/mol. The van der Waals surface area contributed by atoms with E-state index in [0.29, 0.717) is 22.0 Å². The van der Waals surface area contributed by atoms with Crippen LogP contribution in [0.4, 0.5) is 0 Å². The lowest BCUT2D eigenvalue weighted by molar-refractivity contribution is -0.129. The Morgan fingerprint density at radius 2 is 1.77 bits per heavy atom. The lowest BCUT2D eigenvalue weighted by Gasteiger charge is -2.01. The third-order valence-corrected chi connectivity index (χ3v) is 4.17. The van der Waals surface area contributed by atoms with Crippen LogP contribution in [0.1, 0.15) is 16.9 Å². The van der Waals surface area contributed by atoms with Gasteiger partial charge in [-0.25, -0.2) is 9.79 Å². The van der Waals surface area contributed by atoms with Gasteiger partial charge >= 0.3 is 5.97 Å². The number of halogens is 1. The van der Waals surface area contributed by atoms with Crippen LogP contribution >= 0.6 is 11.6 Å². The molecule has 1 aliphatic rings.